The number of hydrogen-bond donors (Lipinski definition) is 4. The van der Waals surface area contributed by atoms with Gasteiger partial charge in [-0.05, 0) is 24.3 Å². The maximum Gasteiger partial charge on any atom is 0.191 e. The molecule has 5 heteroatoms. The molecule has 0 saturated carbocycles. The molecule has 0 fully saturated rings. The van der Waals surface area contributed by atoms with E-state index in [1.54, 1.807) is 0 Å². The zero-order valence-electron chi connectivity index (χ0n) is 10.2. The molecule has 0 spiro atoms. The number of H-pyrrole nitrogens is 1. The molecule has 2 aromatic rings. The molecule has 4 N–H and O–H groups in total. The third kappa shape index (κ3) is 2.40. The molecule has 0 saturated heterocycles. The minimum Gasteiger partial charge on any atom is -0.383 e. The van der Waals surface area contributed by atoms with Crippen molar-refractivity contribution in [3.63, 3.8) is 0 Å². The smallest absolute Gasteiger partial charge is 0.191 e. The number of aliphatic imine (C=N–C) groups is 1. The van der Waals surface area contributed by atoms with E-state index in [9.17, 15) is 0 Å². The Kier molecular flexibility index (Phi) is 3.04. The monoisotopic (exact) mass is 243 g/mol. The molecule has 0 bridgehead atoms. The van der Waals surface area contributed by atoms with E-state index < -0.39 is 0 Å². The van der Waals surface area contributed by atoms with E-state index in [4.69, 9.17) is 0 Å². The van der Waals surface area contributed by atoms with E-state index in [0.717, 1.165) is 37.8 Å². The summed E-state index contributed by atoms with van der Waals surface area (Å²) < 4.78 is 0. The number of nitrogens with zero attached hydrogens (tertiary/aromatic N) is 1. The van der Waals surface area contributed by atoms with Gasteiger partial charge in [-0.15, -0.1) is 0 Å². The number of hydrogen-bond acceptors (Lipinski definition) is 4. The summed E-state index contributed by atoms with van der Waals surface area (Å²) in [6.45, 7) is 3.55. The molecule has 1 aromatic heterocycles. The highest BCUT2D eigenvalue weighted by molar-refractivity contribution is 5.83. The van der Waals surface area contributed by atoms with Crippen molar-refractivity contribution in [2.24, 2.45) is 4.99 Å². The van der Waals surface area contributed by atoms with Crippen LogP contribution in [0.15, 0.2) is 35.5 Å². The topological polar surface area (TPSA) is 64.2 Å². The number of nitrogens with one attached hydrogen (secondary N) is 4. The Hall–Kier alpha value is -2.17. The Morgan fingerprint density at radius 3 is 3.00 bits per heavy atom. The Labute approximate surface area is 106 Å². The molecule has 0 unspecified atom stereocenters. The van der Waals surface area contributed by atoms with Crippen LogP contribution in [0.4, 0.5) is 5.69 Å². The standard InChI is InChI=1S/C13H17N5/c1-2-12-10(3-4-15-12)9-11(1)14-5-6-16-13-17-7-8-18-13/h1-4,9,14-15H,5-8H2,(H2,16,17,18). The summed E-state index contributed by atoms with van der Waals surface area (Å²) in [5.74, 6) is 0.915. The fraction of sp³-hybridized carbons (Fsp3) is 0.308. The third-order valence-corrected chi connectivity index (χ3v) is 2.97. The van der Waals surface area contributed by atoms with Crippen molar-refractivity contribution in [3.8, 4) is 0 Å². The Morgan fingerprint density at radius 2 is 2.11 bits per heavy atom. The van der Waals surface area contributed by atoms with E-state index >= 15 is 0 Å². The van der Waals surface area contributed by atoms with Crippen LogP contribution in [0, 0.1) is 0 Å². The highest BCUT2D eigenvalue weighted by Crippen LogP contribution is 2.17. The van der Waals surface area contributed by atoms with E-state index in [-0.39, 0.29) is 0 Å². The summed E-state index contributed by atoms with van der Waals surface area (Å²) in [7, 11) is 0. The molecule has 0 radical (unpaired) electrons. The van der Waals surface area contributed by atoms with Crippen molar-refractivity contribution < 1.29 is 0 Å². The van der Waals surface area contributed by atoms with E-state index in [1.165, 1.54) is 10.9 Å². The summed E-state index contributed by atoms with van der Waals surface area (Å²) in [6, 6.07) is 8.41. The van der Waals surface area contributed by atoms with Crippen molar-refractivity contribution in [3.05, 3.63) is 30.5 Å². The average Bonchev–Trinajstić information content (AvgIpc) is 3.05. The number of rotatable bonds is 4. The van der Waals surface area contributed by atoms with Crippen molar-refractivity contribution >= 4 is 22.5 Å². The second kappa shape index (κ2) is 5.00. The molecule has 2 heterocycles. The maximum atomic E-state index is 4.28. The first kappa shape index (κ1) is 11.0. The molecule has 1 aromatic carbocycles. The van der Waals surface area contributed by atoms with E-state index in [2.05, 4.69) is 50.2 Å². The lowest BCUT2D eigenvalue weighted by Crippen LogP contribution is -2.36. The van der Waals surface area contributed by atoms with Crippen LogP contribution in [-0.2, 0) is 0 Å². The predicted molar refractivity (Wildman–Crippen MR) is 75.1 cm³/mol. The van der Waals surface area contributed by atoms with Gasteiger partial charge in [0.2, 0.25) is 0 Å². The van der Waals surface area contributed by atoms with Gasteiger partial charge in [0.1, 0.15) is 0 Å². The van der Waals surface area contributed by atoms with Gasteiger partial charge in [-0.1, -0.05) is 0 Å². The molecule has 0 aliphatic carbocycles. The zero-order valence-corrected chi connectivity index (χ0v) is 10.2. The third-order valence-electron chi connectivity index (χ3n) is 2.97. The lowest BCUT2D eigenvalue weighted by atomic mass is 10.2. The van der Waals surface area contributed by atoms with Crippen LogP contribution in [0.2, 0.25) is 0 Å². The second-order valence-corrected chi connectivity index (χ2v) is 4.29. The van der Waals surface area contributed by atoms with Crippen LogP contribution in [-0.4, -0.2) is 37.1 Å². The van der Waals surface area contributed by atoms with Crippen LogP contribution in [0.25, 0.3) is 10.9 Å². The van der Waals surface area contributed by atoms with Gasteiger partial charge in [-0.25, -0.2) is 0 Å². The van der Waals surface area contributed by atoms with Gasteiger partial charge in [0.25, 0.3) is 0 Å². The first-order valence-corrected chi connectivity index (χ1v) is 6.25. The van der Waals surface area contributed by atoms with Crippen molar-refractivity contribution in [1.29, 1.82) is 0 Å². The maximum absolute atomic E-state index is 4.28. The Morgan fingerprint density at radius 1 is 1.17 bits per heavy atom. The first-order chi connectivity index (χ1) is 8.92. The van der Waals surface area contributed by atoms with E-state index in [0.29, 0.717) is 0 Å². The lowest BCUT2D eigenvalue weighted by Gasteiger charge is -2.09. The van der Waals surface area contributed by atoms with E-state index in [1.807, 2.05) is 6.20 Å². The summed E-state index contributed by atoms with van der Waals surface area (Å²) in [6.07, 6.45) is 1.96. The predicted octanol–water partition coefficient (Wildman–Crippen LogP) is 1.13. The SMILES string of the molecule is c1cc2cc(NCCNC3=NCCN3)ccc2[nH]1. The second-order valence-electron chi connectivity index (χ2n) is 4.29. The fourth-order valence-corrected chi connectivity index (χ4v) is 2.07. The van der Waals surface area contributed by atoms with Crippen LogP contribution in [0.5, 0.6) is 0 Å². The van der Waals surface area contributed by atoms with Crippen LogP contribution < -0.4 is 16.0 Å². The molecular weight excluding hydrogens is 226 g/mol. The van der Waals surface area contributed by atoms with Crippen molar-refractivity contribution in [2.45, 2.75) is 0 Å². The molecule has 5 nitrogen and oxygen atoms in total. The van der Waals surface area contributed by atoms with Crippen LogP contribution >= 0.6 is 0 Å². The summed E-state index contributed by atoms with van der Waals surface area (Å²) >= 11 is 0. The van der Waals surface area contributed by atoms with Gasteiger partial charge in [-0.3, -0.25) is 4.99 Å². The lowest BCUT2D eigenvalue weighted by molar-refractivity contribution is 0.867. The summed E-state index contributed by atoms with van der Waals surface area (Å²) in [5.41, 5.74) is 2.31. The molecular formula is C13H17N5. The Balaban J connectivity index is 1.50. The van der Waals surface area contributed by atoms with Gasteiger partial charge < -0.3 is 20.9 Å². The van der Waals surface area contributed by atoms with Crippen LogP contribution in [0.1, 0.15) is 0 Å². The largest absolute Gasteiger partial charge is 0.383 e. The molecule has 0 atom stereocenters. The number of guanidine groups is 1. The number of aromatic amines is 1. The normalized spacial score (nSPS) is 14.3. The summed E-state index contributed by atoms with van der Waals surface area (Å²) in [4.78, 5) is 7.46. The highest BCUT2D eigenvalue weighted by atomic mass is 15.2. The quantitative estimate of drug-likeness (QED) is 0.609. The van der Waals surface area contributed by atoms with Gasteiger partial charge in [0.15, 0.2) is 5.96 Å². The molecule has 0 amide bonds. The van der Waals surface area contributed by atoms with Crippen molar-refractivity contribution in [1.82, 2.24) is 15.6 Å². The highest BCUT2D eigenvalue weighted by Gasteiger charge is 2.02. The number of fused-ring (bicyclic) bond motifs is 1. The van der Waals surface area contributed by atoms with Crippen molar-refractivity contribution in [2.75, 3.05) is 31.5 Å². The average molecular weight is 243 g/mol. The summed E-state index contributed by atoms with van der Waals surface area (Å²) in [5, 5.41) is 11.1. The minimum atomic E-state index is 0.858. The molecule has 18 heavy (non-hydrogen) atoms. The fourth-order valence-electron chi connectivity index (χ4n) is 2.07. The number of anilines is 1. The molecule has 3 rings (SSSR count). The van der Waals surface area contributed by atoms with Crippen LogP contribution in [0.3, 0.4) is 0 Å². The van der Waals surface area contributed by atoms with Gasteiger partial charge >= 0.3 is 0 Å². The van der Waals surface area contributed by atoms with Gasteiger partial charge in [0.05, 0.1) is 6.54 Å². The molecule has 1 aliphatic rings. The zero-order chi connectivity index (χ0) is 12.2. The number of benzene rings is 1. The first-order valence-electron chi connectivity index (χ1n) is 6.25. The molecule has 94 valence electrons. The molecule has 1 aliphatic heterocycles. The van der Waals surface area contributed by atoms with Gasteiger partial charge in [0, 0.05) is 42.4 Å². The number of aromatic nitrogens is 1. The van der Waals surface area contributed by atoms with Gasteiger partial charge in [-0.2, -0.15) is 0 Å². The minimum absolute atomic E-state index is 0.858. The Bertz CT molecular complexity index is 557.